The average molecular weight is 239 g/mol. The summed E-state index contributed by atoms with van der Waals surface area (Å²) in [6.45, 7) is -0.0113. The van der Waals surface area contributed by atoms with Gasteiger partial charge in [0.2, 0.25) is 5.91 Å². The Balaban J connectivity index is 2.46. The molecule has 1 aliphatic heterocycles. The van der Waals surface area contributed by atoms with Crippen molar-refractivity contribution in [3.63, 3.8) is 0 Å². The Morgan fingerprint density at radius 2 is 2.18 bits per heavy atom. The fourth-order valence-electron chi connectivity index (χ4n) is 1.83. The molecule has 2 N–H and O–H groups in total. The minimum absolute atomic E-state index is 0.0113. The number of halogens is 1. The lowest BCUT2D eigenvalue weighted by molar-refractivity contribution is -0.117. The molecule has 17 heavy (non-hydrogen) atoms. The van der Waals surface area contributed by atoms with Crippen molar-refractivity contribution in [1.29, 1.82) is 0 Å². The molecular formula is C11H10FNO4. The molecule has 1 aliphatic rings. The van der Waals surface area contributed by atoms with Crippen LogP contribution in [0.1, 0.15) is 16.8 Å². The third-order valence-corrected chi connectivity index (χ3v) is 2.59. The van der Waals surface area contributed by atoms with Gasteiger partial charge in [-0.3, -0.25) is 4.79 Å². The molecule has 1 aromatic rings. The Labute approximate surface area is 96.1 Å². The van der Waals surface area contributed by atoms with Crippen LogP contribution in [-0.2, 0) is 4.79 Å². The topological polar surface area (TPSA) is 77.8 Å². The molecule has 1 unspecified atom stereocenters. The average Bonchev–Trinajstić information content (AvgIpc) is 2.57. The van der Waals surface area contributed by atoms with E-state index in [1.165, 1.54) is 0 Å². The number of anilines is 1. The van der Waals surface area contributed by atoms with E-state index < -0.39 is 23.8 Å². The van der Waals surface area contributed by atoms with Crippen LogP contribution in [0, 0.1) is 5.82 Å². The molecule has 1 fully saturated rings. The number of β-amino-alcohol motifs (C(OH)–C–C–N with tert-alkyl or cyclic N) is 1. The lowest BCUT2D eigenvalue weighted by Crippen LogP contribution is -2.27. The quantitative estimate of drug-likeness (QED) is 0.793. The lowest BCUT2D eigenvalue weighted by Gasteiger charge is -2.18. The van der Waals surface area contributed by atoms with E-state index in [1.54, 1.807) is 0 Å². The highest BCUT2D eigenvalue weighted by atomic mass is 19.1. The Bertz CT molecular complexity index is 488. The first-order chi connectivity index (χ1) is 7.99. The molecular weight excluding hydrogens is 229 g/mol. The number of carbonyl (C=O) groups excluding carboxylic acids is 1. The van der Waals surface area contributed by atoms with Crippen LogP contribution >= 0.6 is 0 Å². The summed E-state index contributed by atoms with van der Waals surface area (Å²) in [5, 5.41) is 18.3. The molecule has 1 saturated heterocycles. The fraction of sp³-hybridized carbons (Fsp3) is 0.273. The van der Waals surface area contributed by atoms with Crippen LogP contribution in [0.3, 0.4) is 0 Å². The normalized spacial score (nSPS) is 19.8. The molecule has 1 amide bonds. The highest BCUT2D eigenvalue weighted by Crippen LogP contribution is 2.26. The molecule has 1 heterocycles. The van der Waals surface area contributed by atoms with Crippen LogP contribution in [0.2, 0.25) is 0 Å². The summed E-state index contributed by atoms with van der Waals surface area (Å²) in [6, 6.07) is 3.11. The number of aliphatic hydroxyl groups excluding tert-OH is 1. The van der Waals surface area contributed by atoms with Crippen molar-refractivity contribution in [3.8, 4) is 0 Å². The van der Waals surface area contributed by atoms with Gasteiger partial charge in [-0.05, 0) is 18.2 Å². The minimum atomic E-state index is -1.24. The summed E-state index contributed by atoms with van der Waals surface area (Å²) < 4.78 is 13.1. The zero-order chi connectivity index (χ0) is 12.6. The Hall–Kier alpha value is -1.95. The molecule has 6 heteroatoms. The van der Waals surface area contributed by atoms with Crippen LogP contribution in [0.15, 0.2) is 18.2 Å². The monoisotopic (exact) mass is 239 g/mol. The van der Waals surface area contributed by atoms with Crippen molar-refractivity contribution in [1.82, 2.24) is 0 Å². The first-order valence-corrected chi connectivity index (χ1v) is 5.00. The molecule has 90 valence electrons. The minimum Gasteiger partial charge on any atom is -0.478 e. The highest BCUT2D eigenvalue weighted by Gasteiger charge is 2.31. The van der Waals surface area contributed by atoms with E-state index >= 15 is 0 Å². The molecule has 1 atom stereocenters. The van der Waals surface area contributed by atoms with Gasteiger partial charge in [-0.15, -0.1) is 0 Å². The van der Waals surface area contributed by atoms with E-state index in [4.69, 9.17) is 5.11 Å². The predicted molar refractivity (Wildman–Crippen MR) is 56.3 cm³/mol. The van der Waals surface area contributed by atoms with Gasteiger partial charge >= 0.3 is 5.97 Å². The number of carbonyl (C=O) groups is 2. The summed E-state index contributed by atoms with van der Waals surface area (Å²) in [7, 11) is 0. The van der Waals surface area contributed by atoms with Gasteiger partial charge in [0, 0.05) is 0 Å². The Morgan fingerprint density at radius 1 is 1.47 bits per heavy atom. The maximum Gasteiger partial charge on any atom is 0.337 e. The number of benzene rings is 1. The number of carboxylic acid groups (broad SMARTS) is 1. The second-order valence-corrected chi connectivity index (χ2v) is 3.83. The van der Waals surface area contributed by atoms with E-state index in [-0.39, 0.29) is 24.2 Å². The smallest absolute Gasteiger partial charge is 0.337 e. The van der Waals surface area contributed by atoms with E-state index in [9.17, 15) is 19.1 Å². The highest BCUT2D eigenvalue weighted by molar-refractivity contribution is 6.03. The second kappa shape index (κ2) is 4.14. The Kier molecular flexibility index (Phi) is 2.81. The van der Waals surface area contributed by atoms with Gasteiger partial charge in [-0.1, -0.05) is 0 Å². The fourth-order valence-corrected chi connectivity index (χ4v) is 1.83. The number of carboxylic acids is 1. The molecule has 0 aromatic heterocycles. The van der Waals surface area contributed by atoms with E-state index in [1.807, 2.05) is 0 Å². The van der Waals surface area contributed by atoms with Gasteiger partial charge in [0.1, 0.15) is 5.82 Å². The zero-order valence-electron chi connectivity index (χ0n) is 8.76. The van der Waals surface area contributed by atoms with Crippen molar-refractivity contribution >= 4 is 17.6 Å². The summed E-state index contributed by atoms with van der Waals surface area (Å²) in [4.78, 5) is 23.6. The zero-order valence-corrected chi connectivity index (χ0v) is 8.76. The molecule has 5 nitrogen and oxygen atoms in total. The standard InChI is InChI=1S/C11H10FNO4/c12-6-1-2-8(11(16)17)9(3-6)13-5-7(14)4-10(13)15/h1-3,7,14H,4-5H2,(H,16,17). The number of rotatable bonds is 2. The van der Waals surface area contributed by atoms with Crippen LogP contribution < -0.4 is 4.90 Å². The largest absolute Gasteiger partial charge is 0.478 e. The summed E-state index contributed by atoms with van der Waals surface area (Å²) >= 11 is 0. The molecule has 0 saturated carbocycles. The number of hydrogen-bond acceptors (Lipinski definition) is 3. The Morgan fingerprint density at radius 3 is 2.71 bits per heavy atom. The summed E-state index contributed by atoms with van der Waals surface area (Å²) in [5.74, 6) is -2.28. The van der Waals surface area contributed by atoms with E-state index in [2.05, 4.69) is 0 Å². The summed E-state index contributed by atoms with van der Waals surface area (Å²) in [5.41, 5.74) is -0.173. The molecule has 0 bridgehead atoms. The second-order valence-electron chi connectivity index (χ2n) is 3.83. The van der Waals surface area contributed by atoms with Crippen molar-refractivity contribution in [3.05, 3.63) is 29.6 Å². The van der Waals surface area contributed by atoms with Crippen molar-refractivity contribution in [2.75, 3.05) is 11.4 Å². The molecule has 0 aliphatic carbocycles. The van der Waals surface area contributed by atoms with E-state index in [0.29, 0.717) is 0 Å². The number of hydrogen-bond donors (Lipinski definition) is 2. The number of aliphatic hydroxyl groups is 1. The predicted octanol–water partition coefficient (Wildman–Crippen LogP) is 0.621. The molecule has 1 aromatic carbocycles. The van der Waals surface area contributed by atoms with Crippen LogP contribution in [0.5, 0.6) is 0 Å². The number of amides is 1. The van der Waals surface area contributed by atoms with Crippen LogP contribution in [-0.4, -0.2) is 34.7 Å². The first-order valence-electron chi connectivity index (χ1n) is 5.00. The van der Waals surface area contributed by atoms with Gasteiger partial charge in [-0.25, -0.2) is 9.18 Å². The van der Waals surface area contributed by atoms with Gasteiger partial charge in [0.15, 0.2) is 0 Å². The van der Waals surface area contributed by atoms with Gasteiger partial charge in [0.25, 0.3) is 0 Å². The lowest BCUT2D eigenvalue weighted by atomic mass is 10.1. The van der Waals surface area contributed by atoms with Crippen molar-refractivity contribution in [2.45, 2.75) is 12.5 Å². The van der Waals surface area contributed by atoms with Crippen molar-refractivity contribution in [2.24, 2.45) is 0 Å². The molecule has 0 radical (unpaired) electrons. The number of aromatic carboxylic acids is 1. The van der Waals surface area contributed by atoms with Gasteiger partial charge in [-0.2, -0.15) is 0 Å². The third kappa shape index (κ3) is 2.12. The van der Waals surface area contributed by atoms with Gasteiger partial charge in [0.05, 0.1) is 30.3 Å². The first kappa shape index (κ1) is 11.5. The van der Waals surface area contributed by atoms with Gasteiger partial charge < -0.3 is 15.1 Å². The number of nitrogens with zero attached hydrogens (tertiary/aromatic N) is 1. The van der Waals surface area contributed by atoms with Crippen LogP contribution in [0.25, 0.3) is 0 Å². The molecule has 0 spiro atoms. The SMILES string of the molecule is O=C(O)c1ccc(F)cc1N1CC(O)CC1=O. The van der Waals surface area contributed by atoms with Crippen LogP contribution in [0.4, 0.5) is 10.1 Å². The maximum atomic E-state index is 13.1. The molecule has 2 rings (SSSR count). The maximum absolute atomic E-state index is 13.1. The third-order valence-electron chi connectivity index (χ3n) is 2.59. The van der Waals surface area contributed by atoms with Crippen molar-refractivity contribution < 1.29 is 24.2 Å². The van der Waals surface area contributed by atoms with E-state index in [0.717, 1.165) is 23.1 Å². The summed E-state index contributed by atoms with van der Waals surface area (Å²) in [6.07, 6.45) is -0.914.